The number of halogens is 2. The number of benzene rings is 2. The van der Waals surface area contributed by atoms with Gasteiger partial charge in [-0.15, -0.1) is 0 Å². The maximum absolute atomic E-state index is 13.4. The van der Waals surface area contributed by atoms with E-state index in [2.05, 4.69) is 6.92 Å². The molecule has 0 unspecified atom stereocenters. The smallest absolute Gasteiger partial charge is 0.200 e. The van der Waals surface area contributed by atoms with Gasteiger partial charge >= 0.3 is 0 Å². The molecule has 0 saturated heterocycles. The lowest BCUT2D eigenvalue weighted by molar-refractivity contribution is 0.0915. The molecular weight excluding hydrogens is 274 g/mol. The van der Waals surface area contributed by atoms with Crippen LogP contribution in [-0.2, 0) is 6.42 Å². The minimum absolute atomic E-state index is 0.319. The lowest BCUT2D eigenvalue weighted by Crippen LogP contribution is -2.13. The second-order valence-electron chi connectivity index (χ2n) is 4.71. The number of hydrogen-bond acceptors (Lipinski definition) is 2. The number of para-hydroxylation sites is 1. The van der Waals surface area contributed by atoms with Gasteiger partial charge in [-0.1, -0.05) is 43.7 Å². The van der Waals surface area contributed by atoms with Crippen molar-refractivity contribution in [3.05, 3.63) is 65.2 Å². The summed E-state index contributed by atoms with van der Waals surface area (Å²) in [4.78, 5) is 11.9. The lowest BCUT2D eigenvalue weighted by Gasteiger charge is -2.08. The van der Waals surface area contributed by atoms with E-state index in [1.54, 1.807) is 12.1 Å². The first-order chi connectivity index (χ1) is 10.1. The summed E-state index contributed by atoms with van der Waals surface area (Å²) in [6, 6.07) is 10.6. The van der Waals surface area contributed by atoms with Gasteiger partial charge in [-0.05, 0) is 24.1 Å². The van der Waals surface area contributed by atoms with Gasteiger partial charge in [0.2, 0.25) is 0 Å². The number of hydrogen-bond donors (Lipinski definition) is 0. The Kier molecular flexibility index (Phi) is 5.04. The molecule has 0 N–H and O–H groups in total. The fourth-order valence-corrected chi connectivity index (χ4v) is 1.99. The average molecular weight is 290 g/mol. The van der Waals surface area contributed by atoms with Gasteiger partial charge in [0.1, 0.15) is 0 Å². The predicted octanol–water partition coefficient (Wildman–Crippen LogP) is 4.18. The summed E-state index contributed by atoms with van der Waals surface area (Å²) in [6.07, 6.45) is 1.98. The molecule has 0 bridgehead atoms. The number of carbonyl (C=O) groups is 1. The van der Waals surface area contributed by atoms with E-state index in [4.69, 9.17) is 4.74 Å². The average Bonchev–Trinajstić information content (AvgIpc) is 2.47. The monoisotopic (exact) mass is 290 g/mol. The van der Waals surface area contributed by atoms with Gasteiger partial charge in [0, 0.05) is 5.56 Å². The third-order valence-electron chi connectivity index (χ3n) is 3.08. The molecule has 2 rings (SSSR count). The van der Waals surface area contributed by atoms with Crippen LogP contribution < -0.4 is 4.74 Å². The van der Waals surface area contributed by atoms with Crippen molar-refractivity contribution in [1.29, 1.82) is 0 Å². The van der Waals surface area contributed by atoms with E-state index >= 15 is 0 Å². The highest BCUT2D eigenvalue weighted by Gasteiger charge is 2.13. The van der Waals surface area contributed by atoms with Gasteiger partial charge in [-0.25, -0.2) is 8.78 Å². The van der Waals surface area contributed by atoms with Gasteiger partial charge in [-0.3, -0.25) is 4.79 Å². The van der Waals surface area contributed by atoms with Gasteiger partial charge in [0.15, 0.2) is 29.8 Å². The first kappa shape index (κ1) is 15.2. The highest BCUT2D eigenvalue weighted by Crippen LogP contribution is 2.21. The van der Waals surface area contributed by atoms with Crippen molar-refractivity contribution in [2.45, 2.75) is 19.8 Å². The van der Waals surface area contributed by atoms with E-state index in [0.717, 1.165) is 30.5 Å². The molecule has 0 heterocycles. The minimum atomic E-state index is -0.818. The molecule has 2 aromatic rings. The van der Waals surface area contributed by atoms with E-state index in [1.807, 2.05) is 12.1 Å². The topological polar surface area (TPSA) is 26.3 Å². The van der Waals surface area contributed by atoms with Crippen LogP contribution in [0, 0.1) is 11.6 Å². The van der Waals surface area contributed by atoms with E-state index in [9.17, 15) is 13.6 Å². The fourth-order valence-electron chi connectivity index (χ4n) is 1.99. The van der Waals surface area contributed by atoms with E-state index < -0.39 is 24.0 Å². The SMILES string of the molecule is CCCc1ccc(C(=O)COc2c(F)cccc2F)cc1. The second-order valence-corrected chi connectivity index (χ2v) is 4.71. The third-order valence-corrected chi connectivity index (χ3v) is 3.08. The lowest BCUT2D eigenvalue weighted by atomic mass is 10.1. The van der Waals surface area contributed by atoms with Crippen molar-refractivity contribution in [2.75, 3.05) is 6.61 Å². The second kappa shape index (κ2) is 6.97. The van der Waals surface area contributed by atoms with Crippen molar-refractivity contribution >= 4 is 5.78 Å². The molecule has 2 nitrogen and oxygen atoms in total. The summed E-state index contributed by atoms with van der Waals surface area (Å²) in [5, 5.41) is 0. The van der Waals surface area contributed by atoms with Crippen LogP contribution in [0.1, 0.15) is 29.3 Å². The first-order valence-electron chi connectivity index (χ1n) is 6.80. The van der Waals surface area contributed by atoms with Gasteiger partial charge in [-0.2, -0.15) is 0 Å². The normalized spacial score (nSPS) is 10.4. The highest BCUT2D eigenvalue weighted by molar-refractivity contribution is 5.97. The third kappa shape index (κ3) is 3.88. The maximum atomic E-state index is 13.4. The zero-order valence-corrected chi connectivity index (χ0v) is 11.7. The Labute approximate surface area is 122 Å². The number of ketones is 1. The van der Waals surface area contributed by atoms with Crippen LogP contribution in [-0.4, -0.2) is 12.4 Å². The number of Topliss-reactive ketones (excluding diaryl/α,β-unsaturated/α-hetero) is 1. The van der Waals surface area contributed by atoms with Crippen molar-refractivity contribution in [3.8, 4) is 5.75 Å². The van der Waals surface area contributed by atoms with Crippen LogP contribution in [0.2, 0.25) is 0 Å². The minimum Gasteiger partial charge on any atom is -0.479 e. The molecule has 0 spiro atoms. The van der Waals surface area contributed by atoms with Gasteiger partial charge < -0.3 is 4.74 Å². The van der Waals surface area contributed by atoms with E-state index in [1.165, 1.54) is 6.07 Å². The molecule has 0 aliphatic heterocycles. The summed E-state index contributed by atoms with van der Waals surface area (Å²) in [7, 11) is 0. The molecule has 0 aliphatic carbocycles. The number of carbonyl (C=O) groups excluding carboxylic acids is 1. The summed E-state index contributed by atoms with van der Waals surface area (Å²) >= 11 is 0. The van der Waals surface area contributed by atoms with Crippen LogP contribution in [0.15, 0.2) is 42.5 Å². The summed E-state index contributed by atoms with van der Waals surface area (Å²) in [5.74, 6) is -2.48. The Morgan fingerprint density at radius 1 is 1.05 bits per heavy atom. The van der Waals surface area contributed by atoms with E-state index in [-0.39, 0.29) is 5.78 Å². The molecule has 0 aromatic heterocycles. The van der Waals surface area contributed by atoms with Crippen LogP contribution >= 0.6 is 0 Å². The Balaban J connectivity index is 2.01. The highest BCUT2D eigenvalue weighted by atomic mass is 19.1. The van der Waals surface area contributed by atoms with Crippen molar-refractivity contribution in [1.82, 2.24) is 0 Å². The predicted molar refractivity (Wildman–Crippen MR) is 76.6 cm³/mol. The zero-order chi connectivity index (χ0) is 15.2. The summed E-state index contributed by atoms with van der Waals surface area (Å²) in [5.41, 5.74) is 1.61. The number of rotatable bonds is 6. The van der Waals surface area contributed by atoms with Crippen LogP contribution in [0.25, 0.3) is 0 Å². The quantitative estimate of drug-likeness (QED) is 0.746. The zero-order valence-electron chi connectivity index (χ0n) is 11.7. The Bertz CT molecular complexity index is 601. The summed E-state index contributed by atoms with van der Waals surface area (Å²) in [6.45, 7) is 1.68. The van der Waals surface area contributed by atoms with Gasteiger partial charge in [0.25, 0.3) is 0 Å². The molecule has 4 heteroatoms. The molecular formula is C17H16F2O2. The fraction of sp³-hybridized carbons (Fsp3) is 0.235. The molecule has 0 fully saturated rings. The molecule has 0 radical (unpaired) electrons. The molecule has 0 aliphatic rings. The molecule has 2 aromatic carbocycles. The van der Waals surface area contributed by atoms with Crippen LogP contribution in [0.4, 0.5) is 8.78 Å². The standard InChI is InChI=1S/C17H16F2O2/c1-2-4-12-7-9-13(10-8-12)16(20)11-21-17-14(18)5-3-6-15(17)19/h3,5-10H,2,4,11H2,1H3. The van der Waals surface area contributed by atoms with Crippen molar-refractivity contribution < 1.29 is 18.3 Å². The Hall–Kier alpha value is -2.23. The maximum Gasteiger partial charge on any atom is 0.200 e. The molecule has 110 valence electrons. The molecule has 0 saturated carbocycles. The van der Waals surface area contributed by atoms with Crippen molar-refractivity contribution in [2.24, 2.45) is 0 Å². The Morgan fingerprint density at radius 2 is 1.67 bits per heavy atom. The van der Waals surface area contributed by atoms with E-state index in [0.29, 0.717) is 5.56 Å². The number of aryl methyl sites for hydroxylation is 1. The van der Waals surface area contributed by atoms with Crippen LogP contribution in [0.5, 0.6) is 5.75 Å². The molecule has 21 heavy (non-hydrogen) atoms. The van der Waals surface area contributed by atoms with Gasteiger partial charge in [0.05, 0.1) is 0 Å². The first-order valence-corrected chi connectivity index (χ1v) is 6.80. The van der Waals surface area contributed by atoms with Crippen molar-refractivity contribution in [3.63, 3.8) is 0 Å². The van der Waals surface area contributed by atoms with Crippen LogP contribution in [0.3, 0.4) is 0 Å². The molecule has 0 amide bonds. The number of ether oxygens (including phenoxy) is 1. The Morgan fingerprint density at radius 3 is 2.24 bits per heavy atom. The molecule has 0 atom stereocenters. The summed E-state index contributed by atoms with van der Waals surface area (Å²) < 4.78 is 31.7. The largest absolute Gasteiger partial charge is 0.479 e.